The highest BCUT2D eigenvalue weighted by Gasteiger charge is 2.22. The lowest BCUT2D eigenvalue weighted by atomic mass is 10.1. The zero-order valence-electron chi connectivity index (χ0n) is 7.91. The number of hydrogen-bond donors (Lipinski definition) is 0. The molecule has 2 nitrogen and oxygen atoms in total. The van der Waals surface area contributed by atoms with Gasteiger partial charge in [-0.05, 0) is 12.8 Å². The average molecular weight is 219 g/mol. The predicted octanol–water partition coefficient (Wildman–Crippen LogP) is 1.86. The van der Waals surface area contributed by atoms with Gasteiger partial charge in [-0.1, -0.05) is 0 Å². The molecule has 0 radical (unpaired) electrons. The van der Waals surface area contributed by atoms with Crippen molar-refractivity contribution in [2.45, 2.75) is 18.9 Å². The topological polar surface area (TPSA) is 12.5 Å². The Kier molecular flexibility index (Phi) is 4.28. The van der Waals surface area contributed by atoms with Gasteiger partial charge in [0.1, 0.15) is 0 Å². The Hall–Kier alpha value is 0.620. The molecule has 76 valence electrons. The Balaban J connectivity index is 1.82. The van der Waals surface area contributed by atoms with E-state index in [2.05, 4.69) is 28.4 Å². The molecule has 0 aromatic rings. The van der Waals surface area contributed by atoms with E-state index < -0.39 is 0 Å². The van der Waals surface area contributed by atoms with Crippen molar-refractivity contribution in [1.82, 2.24) is 4.90 Å². The van der Waals surface area contributed by atoms with Crippen molar-refractivity contribution in [1.29, 1.82) is 0 Å². The van der Waals surface area contributed by atoms with E-state index in [1.165, 1.54) is 36.1 Å². The molecule has 2 aliphatic heterocycles. The molecule has 0 amide bonds. The standard InChI is InChI=1S/C9H17NOS2/c1-3-11-4-2-9(1)10-7-12-5-6-13-8-10/h9H,1-8H2. The van der Waals surface area contributed by atoms with Crippen molar-refractivity contribution in [3.8, 4) is 0 Å². The number of ether oxygens (including phenoxy) is 1. The lowest BCUT2D eigenvalue weighted by Crippen LogP contribution is -2.38. The maximum Gasteiger partial charge on any atom is 0.0480 e. The molecule has 0 spiro atoms. The Morgan fingerprint density at radius 2 is 1.62 bits per heavy atom. The minimum absolute atomic E-state index is 0.798. The van der Waals surface area contributed by atoms with E-state index in [1.807, 2.05) is 0 Å². The highest BCUT2D eigenvalue weighted by Crippen LogP contribution is 2.23. The van der Waals surface area contributed by atoms with Crippen molar-refractivity contribution in [2.75, 3.05) is 36.5 Å². The summed E-state index contributed by atoms with van der Waals surface area (Å²) in [7, 11) is 0. The Morgan fingerprint density at radius 3 is 2.23 bits per heavy atom. The van der Waals surface area contributed by atoms with Gasteiger partial charge in [-0.2, -0.15) is 0 Å². The normalized spacial score (nSPS) is 28.6. The Labute approximate surface area is 88.8 Å². The first-order valence-corrected chi connectivity index (χ1v) is 7.25. The van der Waals surface area contributed by atoms with Gasteiger partial charge in [0.15, 0.2) is 0 Å². The number of rotatable bonds is 1. The van der Waals surface area contributed by atoms with E-state index in [-0.39, 0.29) is 0 Å². The van der Waals surface area contributed by atoms with Gasteiger partial charge in [-0.15, -0.1) is 23.5 Å². The molecule has 2 fully saturated rings. The lowest BCUT2D eigenvalue weighted by Gasteiger charge is -2.32. The van der Waals surface area contributed by atoms with Crippen LogP contribution >= 0.6 is 23.5 Å². The molecular weight excluding hydrogens is 202 g/mol. The van der Waals surface area contributed by atoms with Crippen LogP contribution in [-0.4, -0.2) is 47.4 Å². The van der Waals surface area contributed by atoms with Crippen LogP contribution in [0, 0.1) is 0 Å². The fourth-order valence-corrected chi connectivity index (χ4v) is 4.17. The van der Waals surface area contributed by atoms with Crippen molar-refractivity contribution < 1.29 is 4.74 Å². The van der Waals surface area contributed by atoms with Crippen molar-refractivity contribution >= 4 is 23.5 Å². The molecule has 0 saturated carbocycles. The Morgan fingerprint density at radius 1 is 1.00 bits per heavy atom. The van der Waals surface area contributed by atoms with Gasteiger partial charge >= 0.3 is 0 Å². The SMILES string of the molecule is C1CC(N2CSCCSC2)CCO1. The van der Waals surface area contributed by atoms with Crippen molar-refractivity contribution in [3.05, 3.63) is 0 Å². The second kappa shape index (κ2) is 5.49. The van der Waals surface area contributed by atoms with Crippen molar-refractivity contribution in [3.63, 3.8) is 0 Å². The molecule has 0 aliphatic carbocycles. The molecular formula is C9H17NOS2. The molecule has 0 N–H and O–H groups in total. The number of hydrogen-bond acceptors (Lipinski definition) is 4. The van der Waals surface area contributed by atoms with Crippen LogP contribution in [0.15, 0.2) is 0 Å². The van der Waals surface area contributed by atoms with E-state index in [1.54, 1.807) is 0 Å². The molecule has 0 aromatic heterocycles. The first-order valence-electron chi connectivity index (χ1n) is 4.94. The maximum atomic E-state index is 5.38. The summed E-state index contributed by atoms with van der Waals surface area (Å²) < 4.78 is 5.38. The molecule has 2 heterocycles. The summed E-state index contributed by atoms with van der Waals surface area (Å²) in [5.41, 5.74) is 0. The van der Waals surface area contributed by atoms with Crippen LogP contribution in [0.2, 0.25) is 0 Å². The Bertz CT molecular complexity index is 143. The second-order valence-electron chi connectivity index (χ2n) is 3.51. The minimum atomic E-state index is 0.798. The van der Waals surface area contributed by atoms with E-state index in [9.17, 15) is 0 Å². The van der Waals surface area contributed by atoms with Crippen LogP contribution in [0.5, 0.6) is 0 Å². The summed E-state index contributed by atoms with van der Waals surface area (Å²) in [5, 5.41) is 0. The van der Waals surface area contributed by atoms with E-state index in [4.69, 9.17) is 4.74 Å². The molecule has 2 saturated heterocycles. The lowest BCUT2D eigenvalue weighted by molar-refractivity contribution is 0.0472. The van der Waals surface area contributed by atoms with Gasteiger partial charge in [-0.25, -0.2) is 0 Å². The largest absolute Gasteiger partial charge is 0.381 e. The zero-order chi connectivity index (χ0) is 8.93. The first kappa shape index (κ1) is 10.1. The van der Waals surface area contributed by atoms with Gasteiger partial charge in [0.2, 0.25) is 0 Å². The summed E-state index contributed by atoms with van der Waals surface area (Å²) >= 11 is 4.16. The fourth-order valence-electron chi connectivity index (χ4n) is 1.78. The molecule has 2 aliphatic rings. The van der Waals surface area contributed by atoms with Crippen LogP contribution in [0.1, 0.15) is 12.8 Å². The second-order valence-corrected chi connectivity index (χ2v) is 5.66. The summed E-state index contributed by atoms with van der Waals surface area (Å²) in [6.45, 7) is 1.94. The summed E-state index contributed by atoms with van der Waals surface area (Å²) in [6.07, 6.45) is 2.47. The zero-order valence-corrected chi connectivity index (χ0v) is 9.54. The monoisotopic (exact) mass is 219 g/mol. The van der Waals surface area contributed by atoms with Crippen LogP contribution in [0.4, 0.5) is 0 Å². The van der Waals surface area contributed by atoms with Gasteiger partial charge in [0.05, 0.1) is 0 Å². The maximum absolute atomic E-state index is 5.38. The van der Waals surface area contributed by atoms with Crippen LogP contribution < -0.4 is 0 Å². The van der Waals surface area contributed by atoms with Gasteiger partial charge in [-0.3, -0.25) is 4.90 Å². The van der Waals surface area contributed by atoms with E-state index >= 15 is 0 Å². The van der Waals surface area contributed by atoms with Gasteiger partial charge < -0.3 is 4.74 Å². The molecule has 13 heavy (non-hydrogen) atoms. The third-order valence-corrected chi connectivity index (χ3v) is 4.87. The average Bonchev–Trinajstić information content (AvgIpc) is 2.47. The molecule has 0 atom stereocenters. The smallest absolute Gasteiger partial charge is 0.0480 e. The molecule has 4 heteroatoms. The van der Waals surface area contributed by atoms with Crippen LogP contribution in [-0.2, 0) is 4.74 Å². The molecule has 0 bridgehead atoms. The van der Waals surface area contributed by atoms with Crippen LogP contribution in [0.25, 0.3) is 0 Å². The highest BCUT2D eigenvalue weighted by molar-refractivity contribution is 8.03. The first-order chi connectivity index (χ1) is 6.47. The number of thioether (sulfide) groups is 2. The number of nitrogens with zero attached hydrogens (tertiary/aromatic N) is 1. The quantitative estimate of drug-likeness (QED) is 0.667. The van der Waals surface area contributed by atoms with E-state index in [0.29, 0.717) is 0 Å². The van der Waals surface area contributed by atoms with Crippen LogP contribution in [0.3, 0.4) is 0 Å². The third kappa shape index (κ3) is 3.05. The van der Waals surface area contributed by atoms with Crippen molar-refractivity contribution in [2.24, 2.45) is 0 Å². The van der Waals surface area contributed by atoms with E-state index in [0.717, 1.165) is 19.3 Å². The van der Waals surface area contributed by atoms with Gasteiger partial charge in [0, 0.05) is 42.5 Å². The van der Waals surface area contributed by atoms with Gasteiger partial charge in [0.25, 0.3) is 0 Å². The fraction of sp³-hybridized carbons (Fsp3) is 1.00. The molecule has 0 unspecified atom stereocenters. The summed E-state index contributed by atoms with van der Waals surface area (Å²) in [5.74, 6) is 5.12. The molecule has 0 aromatic carbocycles. The minimum Gasteiger partial charge on any atom is -0.381 e. The highest BCUT2D eigenvalue weighted by atomic mass is 32.2. The summed E-state index contributed by atoms with van der Waals surface area (Å²) in [4.78, 5) is 2.63. The third-order valence-electron chi connectivity index (χ3n) is 2.59. The molecule has 2 rings (SSSR count). The summed E-state index contributed by atoms with van der Waals surface area (Å²) in [6, 6.07) is 0.798. The predicted molar refractivity (Wildman–Crippen MR) is 60.3 cm³/mol.